The summed E-state index contributed by atoms with van der Waals surface area (Å²) in [4.78, 5) is 51.9. The Bertz CT molecular complexity index is 1290. The van der Waals surface area contributed by atoms with Crippen molar-refractivity contribution < 1.29 is 51.8 Å². The molecule has 0 radical (unpaired) electrons. The molecule has 41 heavy (non-hydrogen) atoms. The fourth-order valence-corrected chi connectivity index (χ4v) is 4.51. The van der Waals surface area contributed by atoms with Crippen LogP contribution in [0.15, 0.2) is 31.4 Å². The van der Waals surface area contributed by atoms with Crippen molar-refractivity contribution in [2.24, 2.45) is 0 Å². The summed E-state index contributed by atoms with van der Waals surface area (Å²) in [6, 6.07) is 0. The van der Waals surface area contributed by atoms with E-state index in [1.165, 1.54) is 17.2 Å². The Morgan fingerprint density at radius 2 is 1.98 bits per heavy atom. The van der Waals surface area contributed by atoms with Crippen LogP contribution in [0.25, 0.3) is 11.2 Å². The molecule has 20 heteroatoms. The number of nitrogens with zero attached hydrogens (tertiary/aromatic N) is 6. The average Bonchev–Trinajstić information content (AvgIpc) is 3.65. The van der Waals surface area contributed by atoms with Gasteiger partial charge in [-0.25, -0.2) is 15.0 Å². The monoisotopic (exact) mass is 607 g/mol. The van der Waals surface area contributed by atoms with Crippen LogP contribution in [-0.4, -0.2) is 78.3 Å². The van der Waals surface area contributed by atoms with E-state index in [-0.39, 0.29) is 36.4 Å². The van der Waals surface area contributed by atoms with Crippen molar-refractivity contribution in [2.75, 3.05) is 18.9 Å². The molecule has 1 fully saturated rings. The molecule has 0 aliphatic carbocycles. The minimum Gasteiger partial charge on any atom is -0.790 e. The van der Waals surface area contributed by atoms with Crippen molar-refractivity contribution in [3.63, 3.8) is 0 Å². The Morgan fingerprint density at radius 3 is 2.59 bits per heavy atom. The topological polar surface area (TPSA) is 248 Å². The van der Waals surface area contributed by atoms with E-state index in [0.29, 0.717) is 19.3 Å². The second-order valence-corrected chi connectivity index (χ2v) is 10.0. The third kappa shape index (κ3) is 8.41. The number of carbonyl (C=O) groups is 1. The van der Waals surface area contributed by atoms with E-state index >= 15 is 0 Å². The number of aliphatic hydroxyl groups is 2. The van der Waals surface area contributed by atoms with Crippen molar-refractivity contribution in [2.45, 2.75) is 62.3 Å². The van der Waals surface area contributed by atoms with Crippen LogP contribution in [0, 0.1) is 0 Å². The van der Waals surface area contributed by atoms with E-state index in [1.807, 2.05) is 0 Å². The molecular formula is C21H27F3N8O8P-3. The van der Waals surface area contributed by atoms with Crippen molar-refractivity contribution in [1.29, 1.82) is 0 Å². The number of aromatic nitrogens is 6. The van der Waals surface area contributed by atoms with E-state index in [9.17, 15) is 42.5 Å². The van der Waals surface area contributed by atoms with Gasteiger partial charge in [-0.2, -0.15) is 13.2 Å². The van der Waals surface area contributed by atoms with Gasteiger partial charge in [0, 0.05) is 6.54 Å². The number of nitrogens with one attached hydrogen (secondary N) is 1. The highest BCUT2D eigenvalue weighted by atomic mass is 31.2. The molecule has 0 saturated carbocycles. The number of anilines is 1. The molecule has 1 amide bonds. The summed E-state index contributed by atoms with van der Waals surface area (Å²) in [5.41, 5.74) is 4.39. The lowest BCUT2D eigenvalue weighted by Crippen LogP contribution is -2.45. The van der Waals surface area contributed by atoms with Gasteiger partial charge in [-0.3, -0.25) is 9.36 Å². The fourth-order valence-electron chi connectivity index (χ4n) is 4.18. The Labute approximate surface area is 230 Å². The average molecular weight is 607 g/mol. The second kappa shape index (κ2) is 13.6. The van der Waals surface area contributed by atoms with Gasteiger partial charge in [0.15, 0.2) is 17.2 Å². The number of ether oxygens (including phenoxy) is 1. The van der Waals surface area contributed by atoms with Crippen LogP contribution in [-0.2, 0) is 24.3 Å². The smallest absolute Gasteiger partial charge is 0.471 e. The number of nitrogens with two attached hydrogens (primary N) is 1. The van der Waals surface area contributed by atoms with Crippen LogP contribution >= 0.6 is 7.82 Å². The molecule has 4 heterocycles. The molecule has 0 bridgehead atoms. The van der Waals surface area contributed by atoms with Gasteiger partial charge in [0.2, 0.25) is 0 Å². The molecule has 1 aliphatic rings. The quantitative estimate of drug-likeness (QED) is 0.146. The number of phosphoric ester groups is 1. The van der Waals surface area contributed by atoms with Gasteiger partial charge in [0.25, 0.3) is 0 Å². The van der Waals surface area contributed by atoms with E-state index in [0.717, 1.165) is 6.33 Å². The first-order chi connectivity index (χ1) is 19.3. The predicted molar refractivity (Wildman–Crippen MR) is 128 cm³/mol. The highest BCUT2D eigenvalue weighted by Crippen LogP contribution is 2.42. The summed E-state index contributed by atoms with van der Waals surface area (Å²) in [6.45, 7) is -1.04. The van der Waals surface area contributed by atoms with Crippen molar-refractivity contribution in [1.82, 2.24) is 34.8 Å². The Hall–Kier alpha value is -3.19. The van der Waals surface area contributed by atoms with Gasteiger partial charge in [-0.1, -0.05) is 31.6 Å². The summed E-state index contributed by atoms with van der Waals surface area (Å²) in [7, 11) is -5.40. The number of carbonyl (C=O) groups excluding carboxylic acids is 1. The number of hydrogen-bond acceptors (Lipinski definition) is 13. The number of rotatable bonds is 11. The van der Waals surface area contributed by atoms with Gasteiger partial charge < -0.3 is 54.8 Å². The molecule has 228 valence electrons. The molecule has 4 rings (SSSR count). The van der Waals surface area contributed by atoms with E-state index < -0.39 is 50.5 Å². The van der Waals surface area contributed by atoms with Crippen LogP contribution in [0.3, 0.4) is 0 Å². The number of phosphoric acid groups is 1. The zero-order valence-electron chi connectivity index (χ0n) is 21.3. The maximum absolute atomic E-state index is 12.2. The van der Waals surface area contributed by atoms with E-state index in [4.69, 9.17) is 10.5 Å². The minimum absolute atomic E-state index is 0.0123. The summed E-state index contributed by atoms with van der Waals surface area (Å²) in [5, 5.41) is 23.3. The largest absolute Gasteiger partial charge is 0.790 e. The van der Waals surface area contributed by atoms with Gasteiger partial charge in [0.1, 0.15) is 30.2 Å². The zero-order valence-corrected chi connectivity index (χ0v) is 22.1. The molecule has 4 atom stereocenters. The van der Waals surface area contributed by atoms with Crippen molar-refractivity contribution in [3.8, 4) is 0 Å². The van der Waals surface area contributed by atoms with Crippen LogP contribution in [0.4, 0.5) is 19.0 Å². The van der Waals surface area contributed by atoms with Crippen LogP contribution in [0.1, 0.15) is 32.1 Å². The number of alkyl halides is 3. The predicted octanol–water partition coefficient (Wildman–Crippen LogP) is -1.30. The van der Waals surface area contributed by atoms with Crippen molar-refractivity contribution >= 4 is 30.7 Å². The summed E-state index contributed by atoms with van der Waals surface area (Å²) >= 11 is 0. The van der Waals surface area contributed by atoms with Crippen molar-refractivity contribution in [3.05, 3.63) is 31.4 Å². The third-order valence-electron chi connectivity index (χ3n) is 6.07. The summed E-state index contributed by atoms with van der Waals surface area (Å²) < 4.78 is 59.0. The van der Waals surface area contributed by atoms with Gasteiger partial charge in [-0.05, 0) is 19.3 Å². The standard InChI is InChI=1S/C18H26F3N6O8P.C3H3N2/c19-18(20,21)16(30)23-6-4-2-1-3-5-17(27-9-26-11-14(22)24-8-25-15(11)27)13(29)12(28)10(35-17)7-34-36(31,32)33;1-2-5-3-4-1/h8-10,12-13,28-29H,1-7H2,(H,23,30)(H2,22,24,25)(H2,31,32,33);1-3H/q;-1/p-2/t10-,12-,13-,17-;/m1./s1. The molecule has 0 spiro atoms. The lowest BCUT2D eigenvalue weighted by atomic mass is 9.96. The first-order valence-electron chi connectivity index (χ1n) is 12.1. The van der Waals surface area contributed by atoms with Gasteiger partial charge >= 0.3 is 12.1 Å². The molecule has 5 N–H and O–H groups in total. The number of imidazole rings is 2. The molecule has 0 aromatic carbocycles. The SMILES string of the molecule is Nc1ncnc2c1ncn2[C@]1(CCCCCCNC(=O)C(F)(F)F)O[C@H](COP(=O)([O-])[O-])[C@@H](O)[C@H]1O.c1c[n-]cn1. The minimum atomic E-state index is -5.40. The first kappa shape index (κ1) is 32.3. The number of hydrogen-bond donors (Lipinski definition) is 4. The normalized spacial score (nSPS) is 22.9. The molecule has 3 aromatic heterocycles. The first-order valence-corrected chi connectivity index (χ1v) is 13.6. The van der Waals surface area contributed by atoms with E-state index in [1.54, 1.807) is 17.7 Å². The molecule has 3 aromatic rings. The van der Waals surface area contributed by atoms with Gasteiger partial charge in [0.05, 0.1) is 20.8 Å². The number of amides is 1. The molecule has 1 aliphatic heterocycles. The lowest BCUT2D eigenvalue weighted by Gasteiger charge is -2.34. The number of unbranched alkanes of at least 4 members (excludes halogenated alkanes) is 3. The van der Waals surface area contributed by atoms with Gasteiger partial charge in [-0.15, -0.1) is 0 Å². The molecule has 16 nitrogen and oxygen atoms in total. The van der Waals surface area contributed by atoms with Crippen LogP contribution in [0.2, 0.25) is 0 Å². The summed E-state index contributed by atoms with van der Waals surface area (Å²) in [6.07, 6.45) is -1.11. The third-order valence-corrected chi connectivity index (χ3v) is 6.53. The Balaban J connectivity index is 0.000000832. The number of halogens is 3. The van der Waals surface area contributed by atoms with E-state index in [2.05, 4.69) is 29.4 Å². The maximum Gasteiger partial charge on any atom is 0.471 e. The highest BCUT2D eigenvalue weighted by Gasteiger charge is 2.55. The maximum atomic E-state index is 12.2. The number of fused-ring (bicyclic) bond motifs is 1. The zero-order chi connectivity index (χ0) is 30.3. The summed E-state index contributed by atoms with van der Waals surface area (Å²) in [5.74, 6) is -2.00. The molecular weight excluding hydrogens is 580 g/mol. The Morgan fingerprint density at radius 1 is 1.24 bits per heavy atom. The number of aliphatic hydroxyl groups excluding tert-OH is 2. The molecule has 0 unspecified atom stereocenters. The number of nitrogen functional groups attached to an aromatic ring is 1. The van der Waals surface area contributed by atoms with Crippen LogP contribution in [0.5, 0.6) is 0 Å². The second-order valence-electron chi connectivity index (χ2n) is 8.85. The lowest BCUT2D eigenvalue weighted by molar-refractivity contribution is -0.343. The molecule has 1 saturated heterocycles. The van der Waals surface area contributed by atoms with Crippen LogP contribution < -0.4 is 25.8 Å². The Kier molecular flexibility index (Phi) is 10.8. The highest BCUT2D eigenvalue weighted by molar-refractivity contribution is 7.43. The fraction of sp³-hybridized carbons (Fsp3) is 0.571.